The highest BCUT2D eigenvalue weighted by atomic mass is 35.5. The summed E-state index contributed by atoms with van der Waals surface area (Å²) in [4.78, 5) is 13.1. The molecule has 0 saturated carbocycles. The van der Waals surface area contributed by atoms with Crippen LogP contribution in [0.3, 0.4) is 0 Å². The Kier molecular flexibility index (Phi) is 5.67. The van der Waals surface area contributed by atoms with E-state index < -0.39 is 5.97 Å². The van der Waals surface area contributed by atoms with E-state index in [0.717, 1.165) is 24.6 Å². The third-order valence-corrected chi connectivity index (χ3v) is 3.61. The molecule has 1 fully saturated rings. The standard InChI is InChI=1S/C15H21NO2.ClH/c1-11-4-3-7-16(10-11)14-6-5-13(8-12(14)2)9-15(17)18;/h5-6,8,11H,3-4,7,9-10H2,1-2H3,(H,17,18);1H. The molecule has 0 spiro atoms. The van der Waals surface area contributed by atoms with E-state index in [1.807, 2.05) is 12.1 Å². The minimum absolute atomic E-state index is 0. The zero-order valence-electron chi connectivity index (χ0n) is 11.6. The number of halogens is 1. The first kappa shape index (κ1) is 15.8. The Morgan fingerprint density at radius 3 is 2.79 bits per heavy atom. The number of anilines is 1. The topological polar surface area (TPSA) is 40.5 Å². The summed E-state index contributed by atoms with van der Waals surface area (Å²) in [5, 5.41) is 8.80. The molecule has 0 bridgehead atoms. The third-order valence-electron chi connectivity index (χ3n) is 3.61. The van der Waals surface area contributed by atoms with Gasteiger partial charge in [-0.3, -0.25) is 4.79 Å². The van der Waals surface area contributed by atoms with Crippen LogP contribution in [0.1, 0.15) is 30.9 Å². The van der Waals surface area contributed by atoms with Crippen LogP contribution in [-0.4, -0.2) is 24.2 Å². The van der Waals surface area contributed by atoms with Crippen molar-refractivity contribution >= 4 is 24.1 Å². The number of rotatable bonds is 3. The molecule has 0 amide bonds. The van der Waals surface area contributed by atoms with Crippen LogP contribution in [0.4, 0.5) is 5.69 Å². The molecule has 106 valence electrons. The molecule has 1 aliphatic heterocycles. The van der Waals surface area contributed by atoms with Gasteiger partial charge >= 0.3 is 5.97 Å². The van der Waals surface area contributed by atoms with Gasteiger partial charge in [-0.2, -0.15) is 0 Å². The first-order chi connectivity index (χ1) is 8.56. The normalized spacial score (nSPS) is 18.8. The van der Waals surface area contributed by atoms with Crippen molar-refractivity contribution in [3.8, 4) is 0 Å². The number of piperidine rings is 1. The number of hydrogen-bond acceptors (Lipinski definition) is 2. The second kappa shape index (κ2) is 6.80. The zero-order valence-corrected chi connectivity index (χ0v) is 12.4. The van der Waals surface area contributed by atoms with Crippen LogP contribution in [-0.2, 0) is 11.2 Å². The van der Waals surface area contributed by atoms with Gasteiger partial charge in [0.2, 0.25) is 0 Å². The van der Waals surface area contributed by atoms with E-state index in [-0.39, 0.29) is 18.8 Å². The van der Waals surface area contributed by atoms with Gasteiger partial charge in [-0.1, -0.05) is 19.1 Å². The van der Waals surface area contributed by atoms with Gasteiger partial charge in [0.15, 0.2) is 0 Å². The molecule has 19 heavy (non-hydrogen) atoms. The number of carboxylic acids is 1. The SMILES string of the molecule is Cc1cc(CC(=O)O)ccc1N1CCCC(C)C1.Cl. The van der Waals surface area contributed by atoms with Crippen LogP contribution in [0.2, 0.25) is 0 Å². The molecule has 1 aromatic carbocycles. The molecular weight excluding hydrogens is 262 g/mol. The van der Waals surface area contributed by atoms with Crippen molar-refractivity contribution in [2.24, 2.45) is 5.92 Å². The van der Waals surface area contributed by atoms with Crippen molar-refractivity contribution < 1.29 is 9.90 Å². The maximum Gasteiger partial charge on any atom is 0.307 e. The van der Waals surface area contributed by atoms with Gasteiger partial charge < -0.3 is 10.0 Å². The number of benzene rings is 1. The third kappa shape index (κ3) is 4.13. The monoisotopic (exact) mass is 283 g/mol. The van der Waals surface area contributed by atoms with E-state index in [0.29, 0.717) is 0 Å². The highest BCUT2D eigenvalue weighted by Gasteiger charge is 2.18. The van der Waals surface area contributed by atoms with Crippen LogP contribution in [0.15, 0.2) is 18.2 Å². The fraction of sp³-hybridized carbons (Fsp3) is 0.533. The van der Waals surface area contributed by atoms with Gasteiger partial charge in [0.05, 0.1) is 6.42 Å². The molecule has 1 aromatic rings. The van der Waals surface area contributed by atoms with Gasteiger partial charge in [-0.25, -0.2) is 0 Å². The first-order valence-electron chi connectivity index (χ1n) is 6.62. The van der Waals surface area contributed by atoms with E-state index in [2.05, 4.69) is 24.8 Å². The van der Waals surface area contributed by atoms with Crippen LogP contribution in [0, 0.1) is 12.8 Å². The summed E-state index contributed by atoms with van der Waals surface area (Å²) in [7, 11) is 0. The maximum absolute atomic E-state index is 10.7. The van der Waals surface area contributed by atoms with E-state index in [4.69, 9.17) is 5.11 Å². The quantitative estimate of drug-likeness (QED) is 0.925. The van der Waals surface area contributed by atoms with Crippen LogP contribution in [0.5, 0.6) is 0 Å². The Morgan fingerprint density at radius 1 is 1.47 bits per heavy atom. The summed E-state index contributed by atoms with van der Waals surface area (Å²) in [5.41, 5.74) is 3.33. The minimum Gasteiger partial charge on any atom is -0.481 e. The molecule has 1 N–H and O–H groups in total. The van der Waals surface area contributed by atoms with Crippen molar-refractivity contribution in [3.63, 3.8) is 0 Å². The van der Waals surface area contributed by atoms with Gasteiger partial charge in [0, 0.05) is 18.8 Å². The lowest BCUT2D eigenvalue weighted by Crippen LogP contribution is -2.34. The Bertz CT molecular complexity index is 448. The van der Waals surface area contributed by atoms with Crippen molar-refractivity contribution in [1.29, 1.82) is 0 Å². The highest BCUT2D eigenvalue weighted by Crippen LogP contribution is 2.26. The van der Waals surface area contributed by atoms with Crippen molar-refractivity contribution in [2.45, 2.75) is 33.1 Å². The molecular formula is C15H22ClNO2. The van der Waals surface area contributed by atoms with E-state index in [9.17, 15) is 4.79 Å². The van der Waals surface area contributed by atoms with Gasteiger partial charge in [-0.05, 0) is 42.9 Å². The van der Waals surface area contributed by atoms with Gasteiger partial charge in [-0.15, -0.1) is 12.4 Å². The molecule has 1 saturated heterocycles. The van der Waals surface area contributed by atoms with E-state index in [1.165, 1.54) is 24.1 Å². The fourth-order valence-corrected chi connectivity index (χ4v) is 2.77. The molecule has 1 aliphatic rings. The Labute approximate surface area is 121 Å². The summed E-state index contributed by atoms with van der Waals surface area (Å²) >= 11 is 0. The summed E-state index contributed by atoms with van der Waals surface area (Å²) in [6.45, 7) is 6.59. The first-order valence-corrected chi connectivity index (χ1v) is 6.62. The summed E-state index contributed by atoms with van der Waals surface area (Å²) < 4.78 is 0. The molecule has 1 atom stereocenters. The van der Waals surface area contributed by atoms with Gasteiger partial charge in [0.25, 0.3) is 0 Å². The number of hydrogen-bond donors (Lipinski definition) is 1. The lowest BCUT2D eigenvalue weighted by atomic mass is 9.98. The van der Waals surface area contributed by atoms with Crippen molar-refractivity contribution in [3.05, 3.63) is 29.3 Å². The molecule has 4 heteroatoms. The molecule has 3 nitrogen and oxygen atoms in total. The lowest BCUT2D eigenvalue weighted by molar-refractivity contribution is -0.136. The lowest BCUT2D eigenvalue weighted by Gasteiger charge is -2.34. The zero-order chi connectivity index (χ0) is 13.1. The average Bonchev–Trinajstić information content (AvgIpc) is 2.28. The molecule has 2 rings (SSSR count). The van der Waals surface area contributed by atoms with Crippen LogP contribution in [0.25, 0.3) is 0 Å². The predicted octanol–water partition coefficient (Wildman–Crippen LogP) is 3.28. The number of carbonyl (C=O) groups is 1. The molecule has 1 heterocycles. The van der Waals surface area contributed by atoms with Crippen LogP contribution < -0.4 is 4.90 Å². The molecule has 0 radical (unpaired) electrons. The van der Waals surface area contributed by atoms with Crippen molar-refractivity contribution in [1.82, 2.24) is 0 Å². The Morgan fingerprint density at radius 2 is 2.21 bits per heavy atom. The summed E-state index contributed by atoms with van der Waals surface area (Å²) in [6.07, 6.45) is 2.67. The van der Waals surface area contributed by atoms with E-state index >= 15 is 0 Å². The predicted molar refractivity (Wildman–Crippen MR) is 80.4 cm³/mol. The average molecular weight is 284 g/mol. The Hall–Kier alpha value is -1.22. The second-order valence-electron chi connectivity index (χ2n) is 5.38. The fourth-order valence-electron chi connectivity index (χ4n) is 2.77. The number of nitrogens with zero attached hydrogens (tertiary/aromatic N) is 1. The smallest absolute Gasteiger partial charge is 0.307 e. The van der Waals surface area contributed by atoms with E-state index in [1.54, 1.807) is 0 Å². The highest BCUT2D eigenvalue weighted by molar-refractivity contribution is 5.85. The molecule has 0 aliphatic carbocycles. The second-order valence-corrected chi connectivity index (χ2v) is 5.38. The Balaban J connectivity index is 0.00000180. The van der Waals surface area contributed by atoms with Crippen molar-refractivity contribution in [2.75, 3.05) is 18.0 Å². The maximum atomic E-state index is 10.7. The van der Waals surface area contributed by atoms with Gasteiger partial charge in [0.1, 0.15) is 0 Å². The number of aliphatic carboxylic acids is 1. The van der Waals surface area contributed by atoms with Crippen LogP contribution >= 0.6 is 12.4 Å². The minimum atomic E-state index is -0.770. The molecule has 0 aromatic heterocycles. The summed E-state index contributed by atoms with van der Waals surface area (Å²) in [5.74, 6) is -0.0226. The molecule has 1 unspecified atom stereocenters. The number of carboxylic acid groups (broad SMARTS) is 1. The summed E-state index contributed by atoms with van der Waals surface area (Å²) in [6, 6.07) is 6.02. The number of aryl methyl sites for hydroxylation is 1. The largest absolute Gasteiger partial charge is 0.481 e.